The molecule has 25 heavy (non-hydrogen) atoms. The number of carbonyl (C=O) groups is 1. The van der Waals surface area contributed by atoms with E-state index < -0.39 is 0 Å². The number of benzene rings is 1. The highest BCUT2D eigenvalue weighted by molar-refractivity contribution is 5.99. The van der Waals surface area contributed by atoms with Crippen molar-refractivity contribution < 1.29 is 9.21 Å². The van der Waals surface area contributed by atoms with Crippen LogP contribution in [0.2, 0.25) is 0 Å². The minimum absolute atomic E-state index is 0.0259. The number of aromatic amines is 1. The Bertz CT molecular complexity index is 926. The van der Waals surface area contributed by atoms with E-state index in [0.29, 0.717) is 6.42 Å². The first kappa shape index (κ1) is 15.6. The molecule has 3 aromatic rings. The summed E-state index contributed by atoms with van der Waals surface area (Å²) >= 11 is 0. The van der Waals surface area contributed by atoms with Crippen molar-refractivity contribution in [2.24, 2.45) is 5.10 Å². The van der Waals surface area contributed by atoms with Gasteiger partial charge in [-0.3, -0.25) is 4.79 Å². The van der Waals surface area contributed by atoms with Gasteiger partial charge in [0, 0.05) is 22.7 Å². The molecular formula is C18H19N5O2. The van der Waals surface area contributed by atoms with Crippen LogP contribution in [0.4, 0.5) is 0 Å². The van der Waals surface area contributed by atoms with E-state index in [2.05, 4.69) is 26.4 Å². The minimum Gasteiger partial charge on any atom is -0.465 e. The van der Waals surface area contributed by atoms with Crippen molar-refractivity contribution in [3.8, 4) is 0 Å². The number of aryl methyl sites for hydroxylation is 1. The van der Waals surface area contributed by atoms with Crippen molar-refractivity contribution in [1.29, 1.82) is 0 Å². The number of para-hydroxylation sites is 1. The molecule has 0 bridgehead atoms. The molecule has 0 aliphatic carbocycles. The Kier molecular flexibility index (Phi) is 4.09. The summed E-state index contributed by atoms with van der Waals surface area (Å²) in [5, 5.41) is 5.14. The highest BCUT2D eigenvalue weighted by Gasteiger charge is 2.31. The number of hydrogen-bond donors (Lipinski definition) is 4. The van der Waals surface area contributed by atoms with E-state index in [0.717, 1.165) is 28.0 Å². The quantitative estimate of drug-likeness (QED) is 0.433. The van der Waals surface area contributed by atoms with E-state index in [-0.39, 0.29) is 18.0 Å². The fraction of sp³-hybridized carbons (Fsp3) is 0.222. The molecule has 4 rings (SSSR count). The van der Waals surface area contributed by atoms with Crippen LogP contribution in [0, 0.1) is 6.92 Å². The highest BCUT2D eigenvalue weighted by atomic mass is 16.3. The first-order valence-electron chi connectivity index (χ1n) is 8.17. The van der Waals surface area contributed by atoms with Crippen molar-refractivity contribution in [2.75, 3.05) is 0 Å². The van der Waals surface area contributed by atoms with E-state index in [4.69, 9.17) is 4.42 Å². The van der Waals surface area contributed by atoms with Crippen LogP contribution in [0.3, 0.4) is 0 Å². The summed E-state index contributed by atoms with van der Waals surface area (Å²) in [6.45, 7) is 1.90. The zero-order valence-corrected chi connectivity index (χ0v) is 13.7. The van der Waals surface area contributed by atoms with Gasteiger partial charge in [-0.2, -0.15) is 5.10 Å². The van der Waals surface area contributed by atoms with Crippen molar-refractivity contribution in [1.82, 2.24) is 21.3 Å². The first-order valence-corrected chi connectivity index (χ1v) is 8.17. The third kappa shape index (κ3) is 3.19. The lowest BCUT2D eigenvalue weighted by molar-refractivity contribution is -0.122. The molecule has 1 amide bonds. The SMILES string of the molecule is Cc1ccc(C2CC(C(=O)N/N=C/c3c[nH]c4ccccc34)NN2)o1. The van der Waals surface area contributed by atoms with E-state index >= 15 is 0 Å². The number of hydrazone groups is 1. The second-order valence-electron chi connectivity index (χ2n) is 6.10. The summed E-state index contributed by atoms with van der Waals surface area (Å²) in [6.07, 6.45) is 4.11. The van der Waals surface area contributed by atoms with Gasteiger partial charge < -0.3 is 9.40 Å². The first-order chi connectivity index (χ1) is 12.2. The minimum atomic E-state index is -0.365. The monoisotopic (exact) mass is 337 g/mol. The van der Waals surface area contributed by atoms with Gasteiger partial charge in [0.15, 0.2) is 0 Å². The summed E-state index contributed by atoms with van der Waals surface area (Å²) in [5.74, 6) is 1.49. The average Bonchev–Trinajstić information content (AvgIpc) is 3.34. The molecule has 1 aliphatic rings. The summed E-state index contributed by atoms with van der Waals surface area (Å²) in [6, 6.07) is 11.4. The normalized spacial score (nSPS) is 20.5. The number of nitrogens with one attached hydrogen (secondary N) is 4. The van der Waals surface area contributed by atoms with Gasteiger partial charge in [-0.05, 0) is 31.5 Å². The van der Waals surface area contributed by atoms with Crippen LogP contribution in [0.5, 0.6) is 0 Å². The fourth-order valence-corrected chi connectivity index (χ4v) is 3.00. The maximum Gasteiger partial charge on any atom is 0.258 e. The number of aromatic nitrogens is 1. The lowest BCUT2D eigenvalue weighted by Crippen LogP contribution is -2.41. The Hall–Kier alpha value is -2.90. The van der Waals surface area contributed by atoms with Crippen LogP contribution < -0.4 is 16.3 Å². The summed E-state index contributed by atoms with van der Waals surface area (Å²) in [4.78, 5) is 15.4. The topological polar surface area (TPSA) is 94.5 Å². The molecule has 7 nitrogen and oxygen atoms in total. The van der Waals surface area contributed by atoms with Crippen molar-refractivity contribution in [3.63, 3.8) is 0 Å². The van der Waals surface area contributed by atoms with E-state index in [9.17, 15) is 4.79 Å². The molecule has 2 unspecified atom stereocenters. The third-order valence-electron chi connectivity index (χ3n) is 4.32. The molecule has 7 heteroatoms. The molecular weight excluding hydrogens is 318 g/mol. The lowest BCUT2D eigenvalue weighted by Gasteiger charge is -2.06. The van der Waals surface area contributed by atoms with Gasteiger partial charge in [-0.15, -0.1) is 0 Å². The number of amides is 1. The molecule has 0 radical (unpaired) electrons. The number of hydrogen-bond acceptors (Lipinski definition) is 5. The number of fused-ring (bicyclic) bond motifs is 1. The Morgan fingerprint density at radius 2 is 2.16 bits per heavy atom. The molecule has 0 saturated carbocycles. The number of H-pyrrole nitrogens is 1. The number of nitrogens with zero attached hydrogens (tertiary/aromatic N) is 1. The second-order valence-corrected chi connectivity index (χ2v) is 6.10. The maximum atomic E-state index is 12.3. The van der Waals surface area contributed by atoms with Gasteiger partial charge in [0.05, 0.1) is 12.3 Å². The molecule has 1 aliphatic heterocycles. The van der Waals surface area contributed by atoms with E-state index in [1.54, 1.807) is 6.21 Å². The molecule has 1 fully saturated rings. The van der Waals surface area contributed by atoms with Crippen LogP contribution in [-0.2, 0) is 4.79 Å². The van der Waals surface area contributed by atoms with Gasteiger partial charge in [0.2, 0.25) is 0 Å². The largest absolute Gasteiger partial charge is 0.465 e. The van der Waals surface area contributed by atoms with Gasteiger partial charge >= 0.3 is 0 Å². The maximum absolute atomic E-state index is 12.3. The Labute approximate surface area is 144 Å². The number of rotatable bonds is 4. The van der Waals surface area contributed by atoms with Crippen LogP contribution in [0.15, 0.2) is 52.1 Å². The number of hydrazine groups is 1. The summed E-state index contributed by atoms with van der Waals surface area (Å²) in [7, 11) is 0. The molecule has 3 heterocycles. The van der Waals surface area contributed by atoms with Gasteiger partial charge in [-0.1, -0.05) is 18.2 Å². The second kappa shape index (κ2) is 6.54. The summed E-state index contributed by atoms with van der Waals surface area (Å²) in [5.41, 5.74) is 10.6. The van der Waals surface area contributed by atoms with Crippen LogP contribution >= 0.6 is 0 Å². The molecule has 1 aromatic carbocycles. The molecule has 2 atom stereocenters. The Morgan fingerprint density at radius 3 is 3.00 bits per heavy atom. The van der Waals surface area contributed by atoms with Crippen molar-refractivity contribution in [3.05, 3.63) is 59.7 Å². The standard InChI is InChI=1S/C18H19N5O2/c1-11-6-7-17(25-11)15-8-16(22-21-15)18(24)23-20-10-12-9-19-14-5-3-2-4-13(12)14/h2-7,9-10,15-16,19,21-22H,8H2,1H3,(H,23,24)/b20-10+. The van der Waals surface area contributed by atoms with Crippen LogP contribution in [-0.4, -0.2) is 23.1 Å². The highest BCUT2D eigenvalue weighted by Crippen LogP contribution is 2.24. The van der Waals surface area contributed by atoms with Crippen molar-refractivity contribution >= 4 is 23.0 Å². The Balaban J connectivity index is 1.36. The lowest BCUT2D eigenvalue weighted by atomic mass is 10.1. The Morgan fingerprint density at radius 1 is 1.28 bits per heavy atom. The molecule has 128 valence electrons. The summed E-state index contributed by atoms with van der Waals surface area (Å²) < 4.78 is 5.60. The smallest absolute Gasteiger partial charge is 0.258 e. The fourth-order valence-electron chi connectivity index (χ4n) is 3.00. The number of furan rings is 1. The predicted octanol–water partition coefficient (Wildman–Crippen LogP) is 2.13. The van der Waals surface area contributed by atoms with Gasteiger partial charge in [-0.25, -0.2) is 16.3 Å². The molecule has 2 aromatic heterocycles. The van der Waals surface area contributed by atoms with Crippen LogP contribution in [0.25, 0.3) is 10.9 Å². The van der Waals surface area contributed by atoms with Crippen LogP contribution in [0.1, 0.15) is 29.5 Å². The van der Waals surface area contributed by atoms with E-state index in [1.807, 2.05) is 49.5 Å². The number of carbonyl (C=O) groups excluding carboxylic acids is 1. The molecule has 1 saturated heterocycles. The van der Waals surface area contributed by atoms with Gasteiger partial charge in [0.25, 0.3) is 5.91 Å². The average molecular weight is 337 g/mol. The zero-order chi connectivity index (χ0) is 17.2. The zero-order valence-electron chi connectivity index (χ0n) is 13.7. The van der Waals surface area contributed by atoms with Gasteiger partial charge in [0.1, 0.15) is 17.6 Å². The molecule has 4 N–H and O–H groups in total. The van der Waals surface area contributed by atoms with Crippen molar-refractivity contribution in [2.45, 2.75) is 25.4 Å². The molecule has 0 spiro atoms. The predicted molar refractivity (Wildman–Crippen MR) is 94.9 cm³/mol. The van der Waals surface area contributed by atoms with E-state index in [1.165, 1.54) is 0 Å². The third-order valence-corrected chi connectivity index (χ3v) is 4.32.